The van der Waals surface area contributed by atoms with Gasteiger partial charge in [-0.05, 0) is 30.6 Å². The topological polar surface area (TPSA) is 83.6 Å². The molecule has 0 radical (unpaired) electrons. The summed E-state index contributed by atoms with van der Waals surface area (Å²) >= 11 is 0. The predicted molar refractivity (Wildman–Crippen MR) is 71.4 cm³/mol. The average Bonchev–Trinajstić information content (AvgIpc) is 2.94. The van der Waals surface area contributed by atoms with Gasteiger partial charge in [0.25, 0.3) is 0 Å². The van der Waals surface area contributed by atoms with Gasteiger partial charge in [0.1, 0.15) is 6.04 Å². The molecule has 1 amide bonds. The zero-order valence-corrected chi connectivity index (χ0v) is 11.7. The Hall–Kier alpha value is -1.10. The molecule has 2 aliphatic rings. The van der Waals surface area contributed by atoms with Crippen LogP contribution in [0.1, 0.15) is 39.5 Å². The van der Waals surface area contributed by atoms with E-state index in [9.17, 15) is 14.7 Å². The van der Waals surface area contributed by atoms with Crippen molar-refractivity contribution in [2.45, 2.75) is 51.6 Å². The monoisotopic (exact) mass is 268 g/mol. The molecule has 1 aliphatic heterocycles. The molecular formula is C14H24N2O3. The number of hydrogen-bond donors (Lipinski definition) is 2. The molecule has 19 heavy (non-hydrogen) atoms. The van der Waals surface area contributed by atoms with Gasteiger partial charge in [0, 0.05) is 6.54 Å². The zero-order valence-electron chi connectivity index (χ0n) is 11.7. The molecule has 2 fully saturated rings. The SMILES string of the molecule is CC[C@@H](C)[C@H](N)C(=O)N1C[C@@H]2CCC[C@@H]2[C@H]1C(=O)O. The molecule has 5 heteroatoms. The molecule has 0 aromatic rings. The van der Waals surface area contributed by atoms with Crippen LogP contribution in [0.4, 0.5) is 0 Å². The number of carboxylic acid groups (broad SMARTS) is 1. The first-order valence-corrected chi connectivity index (χ1v) is 7.26. The maximum absolute atomic E-state index is 12.4. The number of nitrogens with zero attached hydrogens (tertiary/aromatic N) is 1. The summed E-state index contributed by atoms with van der Waals surface area (Å²) in [5, 5.41) is 9.42. The molecule has 2 rings (SSSR count). The minimum atomic E-state index is -0.876. The minimum absolute atomic E-state index is 0.0855. The van der Waals surface area contributed by atoms with E-state index in [1.807, 2.05) is 13.8 Å². The largest absolute Gasteiger partial charge is 0.480 e. The number of fused-ring (bicyclic) bond motifs is 1. The number of carbonyl (C=O) groups excluding carboxylic acids is 1. The van der Waals surface area contributed by atoms with Gasteiger partial charge in [0.15, 0.2) is 0 Å². The van der Waals surface area contributed by atoms with Crippen LogP contribution in [-0.4, -0.2) is 40.5 Å². The van der Waals surface area contributed by atoms with Gasteiger partial charge in [0.2, 0.25) is 5.91 Å². The quantitative estimate of drug-likeness (QED) is 0.799. The Balaban J connectivity index is 2.14. The molecule has 1 saturated carbocycles. The van der Waals surface area contributed by atoms with Crippen LogP contribution in [0, 0.1) is 17.8 Å². The van der Waals surface area contributed by atoms with Crippen LogP contribution in [0.25, 0.3) is 0 Å². The van der Waals surface area contributed by atoms with E-state index in [4.69, 9.17) is 5.73 Å². The number of nitrogens with two attached hydrogens (primary N) is 1. The molecule has 5 nitrogen and oxygen atoms in total. The summed E-state index contributed by atoms with van der Waals surface area (Å²) in [7, 11) is 0. The van der Waals surface area contributed by atoms with E-state index in [2.05, 4.69) is 0 Å². The van der Waals surface area contributed by atoms with Crippen molar-refractivity contribution in [1.82, 2.24) is 4.90 Å². The van der Waals surface area contributed by atoms with Crippen molar-refractivity contribution in [2.24, 2.45) is 23.5 Å². The van der Waals surface area contributed by atoms with Crippen LogP contribution < -0.4 is 5.73 Å². The predicted octanol–water partition coefficient (Wildman–Crippen LogP) is 1.07. The lowest BCUT2D eigenvalue weighted by Crippen LogP contribution is -2.52. The van der Waals surface area contributed by atoms with Crippen molar-refractivity contribution in [3.05, 3.63) is 0 Å². The highest BCUT2D eigenvalue weighted by Crippen LogP contribution is 2.42. The number of rotatable bonds is 4. The number of carbonyl (C=O) groups is 2. The van der Waals surface area contributed by atoms with E-state index in [0.717, 1.165) is 25.7 Å². The van der Waals surface area contributed by atoms with E-state index in [0.29, 0.717) is 12.5 Å². The Labute approximate surface area is 114 Å². The second-order valence-corrected chi connectivity index (χ2v) is 6.04. The van der Waals surface area contributed by atoms with E-state index in [1.54, 1.807) is 0 Å². The van der Waals surface area contributed by atoms with Gasteiger partial charge in [-0.3, -0.25) is 4.79 Å². The fourth-order valence-electron chi connectivity index (χ4n) is 3.54. The van der Waals surface area contributed by atoms with E-state index in [1.165, 1.54) is 4.90 Å². The van der Waals surface area contributed by atoms with Gasteiger partial charge in [-0.25, -0.2) is 4.79 Å². The van der Waals surface area contributed by atoms with Gasteiger partial charge < -0.3 is 15.7 Å². The van der Waals surface area contributed by atoms with Crippen molar-refractivity contribution < 1.29 is 14.7 Å². The van der Waals surface area contributed by atoms with Crippen molar-refractivity contribution >= 4 is 11.9 Å². The summed E-state index contributed by atoms with van der Waals surface area (Å²) in [5.74, 6) is -0.489. The van der Waals surface area contributed by atoms with Crippen molar-refractivity contribution in [3.63, 3.8) is 0 Å². The Morgan fingerprint density at radius 3 is 2.68 bits per heavy atom. The van der Waals surface area contributed by atoms with Gasteiger partial charge >= 0.3 is 5.97 Å². The van der Waals surface area contributed by atoms with Crippen LogP contribution in [0.2, 0.25) is 0 Å². The lowest BCUT2D eigenvalue weighted by molar-refractivity contribution is -0.150. The van der Waals surface area contributed by atoms with Crippen molar-refractivity contribution in [3.8, 4) is 0 Å². The third-order valence-corrected chi connectivity index (χ3v) is 4.97. The molecule has 1 aliphatic carbocycles. The third kappa shape index (κ3) is 2.48. The lowest BCUT2D eigenvalue weighted by Gasteiger charge is -2.29. The van der Waals surface area contributed by atoms with Gasteiger partial charge in [-0.15, -0.1) is 0 Å². The summed E-state index contributed by atoms with van der Waals surface area (Å²) < 4.78 is 0. The highest BCUT2D eigenvalue weighted by atomic mass is 16.4. The molecule has 1 saturated heterocycles. The molecule has 0 spiro atoms. The third-order valence-electron chi connectivity index (χ3n) is 4.97. The number of carboxylic acids is 1. The number of amides is 1. The van der Waals surface area contributed by atoms with Crippen molar-refractivity contribution in [1.29, 1.82) is 0 Å². The number of likely N-dealkylation sites (tertiary alicyclic amines) is 1. The molecule has 0 unspecified atom stereocenters. The second-order valence-electron chi connectivity index (χ2n) is 6.04. The summed E-state index contributed by atoms with van der Waals surface area (Å²) in [6, 6.07) is -1.24. The maximum Gasteiger partial charge on any atom is 0.326 e. The van der Waals surface area contributed by atoms with Gasteiger partial charge in [-0.1, -0.05) is 26.7 Å². The maximum atomic E-state index is 12.4. The van der Waals surface area contributed by atoms with Gasteiger partial charge in [0.05, 0.1) is 6.04 Å². The van der Waals surface area contributed by atoms with Crippen LogP contribution in [0.5, 0.6) is 0 Å². The zero-order chi connectivity index (χ0) is 14.2. The first-order valence-electron chi connectivity index (χ1n) is 7.26. The fourth-order valence-corrected chi connectivity index (χ4v) is 3.54. The standard InChI is InChI=1S/C14H24N2O3/c1-3-8(2)11(15)13(17)16-7-9-5-4-6-10(9)12(16)14(18)19/h8-12H,3-7,15H2,1-2H3,(H,18,19)/t8-,9+,10+,11+,12+/m1/s1. The Kier molecular flexibility index (Phi) is 4.13. The Bertz CT molecular complexity index is 372. The van der Waals surface area contributed by atoms with E-state index in [-0.39, 0.29) is 17.7 Å². The molecule has 0 aromatic heterocycles. The second kappa shape index (κ2) is 5.49. The number of hydrogen-bond acceptors (Lipinski definition) is 3. The van der Waals surface area contributed by atoms with Crippen molar-refractivity contribution in [2.75, 3.05) is 6.54 Å². The Morgan fingerprint density at radius 1 is 1.42 bits per heavy atom. The summed E-state index contributed by atoms with van der Waals surface area (Å²) in [6.07, 6.45) is 3.87. The first kappa shape index (κ1) is 14.3. The molecule has 1 heterocycles. The van der Waals surface area contributed by atoms with Gasteiger partial charge in [-0.2, -0.15) is 0 Å². The molecule has 3 N–H and O–H groups in total. The minimum Gasteiger partial charge on any atom is -0.480 e. The smallest absolute Gasteiger partial charge is 0.326 e. The summed E-state index contributed by atoms with van der Waals surface area (Å²) in [4.78, 5) is 25.5. The molecule has 5 atom stereocenters. The normalized spacial score (nSPS) is 33.0. The molecular weight excluding hydrogens is 244 g/mol. The first-order chi connectivity index (χ1) is 8.97. The van der Waals surface area contributed by atoms with Crippen LogP contribution in [-0.2, 0) is 9.59 Å². The average molecular weight is 268 g/mol. The highest BCUT2D eigenvalue weighted by Gasteiger charge is 2.50. The van der Waals surface area contributed by atoms with Crippen LogP contribution in [0.3, 0.4) is 0 Å². The number of aliphatic carboxylic acids is 1. The molecule has 0 aromatic carbocycles. The lowest BCUT2D eigenvalue weighted by atomic mass is 9.94. The van der Waals surface area contributed by atoms with E-state index >= 15 is 0 Å². The summed E-state index contributed by atoms with van der Waals surface area (Å²) in [6.45, 7) is 4.51. The van der Waals surface area contributed by atoms with E-state index < -0.39 is 18.1 Å². The fraction of sp³-hybridized carbons (Fsp3) is 0.857. The van der Waals surface area contributed by atoms with Crippen LogP contribution >= 0.6 is 0 Å². The highest BCUT2D eigenvalue weighted by molar-refractivity contribution is 5.88. The van der Waals surface area contributed by atoms with Crippen LogP contribution in [0.15, 0.2) is 0 Å². The molecule has 0 bridgehead atoms. The molecule has 108 valence electrons. The Morgan fingerprint density at radius 2 is 2.11 bits per heavy atom. The summed E-state index contributed by atoms with van der Waals surface area (Å²) in [5.41, 5.74) is 5.98.